The van der Waals surface area contributed by atoms with Gasteiger partial charge in [0.1, 0.15) is 17.1 Å². The molecular weight excluding hydrogens is 759 g/mol. The molecule has 57 heavy (non-hydrogen) atoms. The number of benzene rings is 3. The van der Waals surface area contributed by atoms with Crippen molar-refractivity contribution in [2.45, 2.75) is 66.5 Å². The second-order valence-corrected chi connectivity index (χ2v) is 15.9. The summed E-state index contributed by atoms with van der Waals surface area (Å²) in [5.74, 6) is -0.479. The molecule has 12 heteroatoms. The van der Waals surface area contributed by atoms with E-state index in [4.69, 9.17) is 33.0 Å². The average Bonchev–Trinajstić information content (AvgIpc) is 3.83. The van der Waals surface area contributed by atoms with E-state index in [1.165, 1.54) is 0 Å². The fourth-order valence-electron chi connectivity index (χ4n) is 8.74. The maximum Gasteiger partial charge on any atom is 0.352 e. The Kier molecular flexibility index (Phi) is 9.90. The minimum atomic E-state index is -1.06. The zero-order valence-electron chi connectivity index (χ0n) is 33.0. The van der Waals surface area contributed by atoms with Gasteiger partial charge in [-0.3, -0.25) is 14.5 Å². The number of hydrogen-bond acceptors (Lipinski definition) is 5. The van der Waals surface area contributed by atoms with E-state index in [2.05, 4.69) is 16.5 Å². The Morgan fingerprint density at radius 3 is 2.40 bits per heavy atom. The lowest BCUT2D eigenvalue weighted by atomic mass is 9.98. The van der Waals surface area contributed by atoms with Gasteiger partial charge in [-0.2, -0.15) is 5.10 Å². The van der Waals surface area contributed by atoms with E-state index in [9.17, 15) is 9.90 Å². The van der Waals surface area contributed by atoms with Gasteiger partial charge in [0, 0.05) is 58.4 Å². The molecule has 10 nitrogen and oxygen atoms in total. The number of amides is 1. The number of aromatic carboxylic acids is 1. The standard InChI is InChI=1S/C45H44Cl2N6O4/c1-24-20-31(21-25(2)40(24)47)57-19-11-13-32-33-16-17-34(46)39(38-27(4)49-50(7)29(38)6)42(33)52-26(3)23-51(44(54)43(32)52)36-15-10-12-30-22-37(45(55)56)53(41(30)36)28(5)35-14-8-9-18-48-35/h8-10,12,14-18,20-22,26,28H,11,13,19,23H2,1-7H3,(H,55,56). The van der Waals surface area contributed by atoms with Crippen molar-refractivity contribution in [1.29, 1.82) is 0 Å². The number of aromatic nitrogens is 5. The highest BCUT2D eigenvalue weighted by atomic mass is 35.5. The van der Waals surface area contributed by atoms with Crippen LogP contribution in [0.5, 0.6) is 5.75 Å². The summed E-state index contributed by atoms with van der Waals surface area (Å²) >= 11 is 13.6. The number of pyridine rings is 1. The number of fused-ring (bicyclic) bond motifs is 4. The molecule has 3 aromatic carbocycles. The van der Waals surface area contributed by atoms with Gasteiger partial charge in [0.05, 0.1) is 45.8 Å². The number of carbonyl (C=O) groups excluding carboxylic acids is 1. The van der Waals surface area contributed by atoms with Gasteiger partial charge in [-0.25, -0.2) is 4.79 Å². The van der Waals surface area contributed by atoms with E-state index in [0.717, 1.165) is 66.3 Å². The van der Waals surface area contributed by atoms with Crippen LogP contribution in [0.15, 0.2) is 72.9 Å². The third-order valence-corrected chi connectivity index (χ3v) is 12.3. The summed E-state index contributed by atoms with van der Waals surface area (Å²) < 4.78 is 12.1. The molecule has 7 aromatic rings. The summed E-state index contributed by atoms with van der Waals surface area (Å²) in [4.78, 5) is 34.5. The van der Waals surface area contributed by atoms with Crippen LogP contribution in [0, 0.1) is 27.7 Å². The van der Waals surface area contributed by atoms with Gasteiger partial charge in [-0.05, 0) is 114 Å². The summed E-state index contributed by atoms with van der Waals surface area (Å²) in [5, 5.41) is 18.2. The van der Waals surface area contributed by atoms with E-state index in [1.54, 1.807) is 16.8 Å². The van der Waals surface area contributed by atoms with Crippen LogP contribution in [0.25, 0.3) is 32.9 Å². The van der Waals surface area contributed by atoms with E-state index in [1.807, 2.05) is 112 Å². The number of anilines is 1. The molecule has 2 unspecified atom stereocenters. The molecule has 2 atom stereocenters. The van der Waals surface area contributed by atoms with E-state index < -0.39 is 12.0 Å². The number of rotatable bonds is 10. The molecule has 0 saturated heterocycles. The molecule has 0 radical (unpaired) electrons. The minimum Gasteiger partial charge on any atom is -0.494 e. The second-order valence-electron chi connectivity index (χ2n) is 15.1. The van der Waals surface area contributed by atoms with E-state index in [0.29, 0.717) is 53.6 Å². The van der Waals surface area contributed by atoms with Crippen molar-refractivity contribution in [3.05, 3.63) is 128 Å². The van der Waals surface area contributed by atoms with Gasteiger partial charge >= 0.3 is 5.97 Å². The summed E-state index contributed by atoms with van der Waals surface area (Å²) in [6, 6.07) is 20.2. The van der Waals surface area contributed by atoms with Crippen molar-refractivity contribution >= 4 is 62.6 Å². The Labute approximate surface area is 341 Å². The van der Waals surface area contributed by atoms with Crippen molar-refractivity contribution in [3.63, 3.8) is 0 Å². The van der Waals surface area contributed by atoms with Crippen LogP contribution in [0.1, 0.15) is 87.1 Å². The monoisotopic (exact) mass is 802 g/mol. The molecule has 1 N–H and O–H groups in total. The van der Waals surface area contributed by atoms with Gasteiger partial charge in [-0.1, -0.05) is 47.5 Å². The van der Waals surface area contributed by atoms with Crippen LogP contribution in [0.4, 0.5) is 5.69 Å². The summed E-state index contributed by atoms with van der Waals surface area (Å²) in [5.41, 5.74) is 10.1. The molecule has 1 amide bonds. The van der Waals surface area contributed by atoms with Crippen molar-refractivity contribution in [2.75, 3.05) is 18.1 Å². The number of hydrogen-bond donors (Lipinski definition) is 1. The van der Waals surface area contributed by atoms with Crippen LogP contribution in [0.2, 0.25) is 10.0 Å². The molecule has 5 heterocycles. The quantitative estimate of drug-likeness (QED) is 0.138. The van der Waals surface area contributed by atoms with Crippen molar-refractivity contribution < 1.29 is 19.4 Å². The number of nitrogens with zero attached hydrogens (tertiary/aromatic N) is 6. The molecule has 0 aliphatic carbocycles. The fraction of sp³-hybridized carbons (Fsp3) is 0.289. The molecule has 1 aliphatic rings. The molecule has 0 saturated carbocycles. The lowest BCUT2D eigenvalue weighted by Crippen LogP contribution is -2.43. The second kappa shape index (κ2) is 14.7. The lowest BCUT2D eigenvalue weighted by molar-refractivity contribution is 0.0684. The zero-order chi connectivity index (χ0) is 40.4. The lowest BCUT2D eigenvalue weighted by Gasteiger charge is -2.35. The predicted molar refractivity (Wildman–Crippen MR) is 227 cm³/mol. The summed E-state index contributed by atoms with van der Waals surface area (Å²) in [6.45, 7) is 12.8. The molecule has 0 spiro atoms. The van der Waals surface area contributed by atoms with Crippen LogP contribution < -0.4 is 9.64 Å². The van der Waals surface area contributed by atoms with Crippen LogP contribution in [-0.2, 0) is 13.5 Å². The van der Waals surface area contributed by atoms with Crippen LogP contribution in [-0.4, -0.2) is 54.0 Å². The van der Waals surface area contributed by atoms with Gasteiger partial charge in [0.2, 0.25) is 0 Å². The Bertz CT molecular complexity index is 2720. The van der Waals surface area contributed by atoms with Gasteiger partial charge in [0.25, 0.3) is 5.91 Å². The number of aryl methyl sites for hydroxylation is 5. The third-order valence-electron chi connectivity index (χ3n) is 11.4. The van der Waals surface area contributed by atoms with Crippen LogP contribution >= 0.6 is 23.2 Å². The molecular formula is C45H44Cl2N6O4. The SMILES string of the molecule is Cc1cc(OCCCc2c3n(c4c(-c5c(C)nn(C)c5C)c(Cl)ccc24)C(C)CN(c2cccc4cc(C(=O)O)n(C(C)c5ccccn5)c24)C3=O)cc(C)c1Cl. The first-order chi connectivity index (χ1) is 27.3. The Morgan fingerprint density at radius 2 is 1.74 bits per heavy atom. The Hall–Kier alpha value is -5.58. The molecule has 4 aromatic heterocycles. The van der Waals surface area contributed by atoms with Crippen LogP contribution in [0.3, 0.4) is 0 Å². The predicted octanol–water partition coefficient (Wildman–Crippen LogP) is 10.5. The molecule has 0 fully saturated rings. The number of para-hydroxylation sites is 1. The number of ether oxygens (including phenoxy) is 1. The largest absolute Gasteiger partial charge is 0.494 e. The van der Waals surface area contributed by atoms with E-state index in [-0.39, 0.29) is 17.6 Å². The summed E-state index contributed by atoms with van der Waals surface area (Å²) in [6.07, 6.45) is 2.90. The third kappa shape index (κ3) is 6.35. The number of carbonyl (C=O) groups is 2. The zero-order valence-corrected chi connectivity index (χ0v) is 34.5. The minimum absolute atomic E-state index is 0.121. The molecule has 1 aliphatic heterocycles. The van der Waals surface area contributed by atoms with Crippen molar-refractivity contribution in [1.82, 2.24) is 23.9 Å². The smallest absolute Gasteiger partial charge is 0.352 e. The fourth-order valence-corrected chi connectivity index (χ4v) is 9.10. The topological polar surface area (TPSA) is 107 Å². The normalized spacial score (nSPS) is 14.8. The summed E-state index contributed by atoms with van der Waals surface area (Å²) in [7, 11) is 1.92. The maximum absolute atomic E-state index is 15.4. The number of carboxylic acids is 1. The highest BCUT2D eigenvalue weighted by Gasteiger charge is 2.38. The highest BCUT2D eigenvalue weighted by molar-refractivity contribution is 6.35. The van der Waals surface area contributed by atoms with Gasteiger partial charge in [-0.15, -0.1) is 0 Å². The number of halogens is 2. The van der Waals surface area contributed by atoms with Gasteiger partial charge in [0.15, 0.2) is 0 Å². The molecule has 8 rings (SSSR count). The van der Waals surface area contributed by atoms with Gasteiger partial charge < -0.3 is 23.9 Å². The highest BCUT2D eigenvalue weighted by Crippen LogP contribution is 2.46. The maximum atomic E-state index is 15.4. The molecule has 292 valence electrons. The first-order valence-electron chi connectivity index (χ1n) is 19.1. The Morgan fingerprint density at radius 1 is 0.982 bits per heavy atom. The first kappa shape index (κ1) is 38.3. The van der Waals surface area contributed by atoms with Crippen molar-refractivity contribution in [2.24, 2.45) is 7.05 Å². The number of carboxylic acid groups (broad SMARTS) is 1. The van der Waals surface area contributed by atoms with Crippen molar-refractivity contribution in [3.8, 4) is 16.9 Å². The molecule has 0 bridgehead atoms. The van der Waals surface area contributed by atoms with E-state index >= 15 is 4.79 Å². The Balaban J connectivity index is 1.29. The average molecular weight is 804 g/mol. The first-order valence-corrected chi connectivity index (χ1v) is 19.9.